The van der Waals surface area contributed by atoms with Gasteiger partial charge >= 0.3 is 11.9 Å². The maximum absolute atomic E-state index is 10.9. The van der Waals surface area contributed by atoms with E-state index >= 15 is 0 Å². The Morgan fingerprint density at radius 1 is 0.875 bits per heavy atom. The quantitative estimate of drug-likeness (QED) is 0.593. The van der Waals surface area contributed by atoms with Crippen LogP contribution in [0.25, 0.3) is 0 Å². The van der Waals surface area contributed by atoms with Gasteiger partial charge < -0.3 is 19.7 Å². The monoisotopic (exact) mass is 232 g/mol. The second kappa shape index (κ2) is 7.84. The maximum atomic E-state index is 10.9. The van der Waals surface area contributed by atoms with Crippen LogP contribution in [0.3, 0.4) is 0 Å². The Hall–Kier alpha value is -1.40. The zero-order chi connectivity index (χ0) is 12.6. The highest BCUT2D eigenvalue weighted by Crippen LogP contribution is 2.14. The van der Waals surface area contributed by atoms with E-state index in [4.69, 9.17) is 19.7 Å². The standard InChI is InChI=1S/C10H16O6/c1-15-5-3-7(9(11)12)8(10(13)14)4-6-16-2/h3-6H2,1-2H3,(H,11,12)(H,13,14)/b8-7+. The number of aliphatic carboxylic acids is 2. The van der Waals surface area contributed by atoms with Gasteiger partial charge in [0.1, 0.15) is 0 Å². The highest BCUT2D eigenvalue weighted by atomic mass is 16.5. The summed E-state index contributed by atoms with van der Waals surface area (Å²) in [5.41, 5.74) is -0.266. The lowest BCUT2D eigenvalue weighted by Gasteiger charge is -2.08. The molecule has 6 nitrogen and oxygen atoms in total. The lowest BCUT2D eigenvalue weighted by molar-refractivity contribution is -0.136. The predicted molar refractivity (Wildman–Crippen MR) is 55.3 cm³/mol. The van der Waals surface area contributed by atoms with E-state index in [0.717, 1.165) is 0 Å². The minimum absolute atomic E-state index is 0.0666. The molecule has 2 N–H and O–H groups in total. The van der Waals surface area contributed by atoms with Crippen LogP contribution in [0.4, 0.5) is 0 Å². The molecular weight excluding hydrogens is 216 g/mol. The van der Waals surface area contributed by atoms with Crippen molar-refractivity contribution in [2.75, 3.05) is 27.4 Å². The number of carboxylic acids is 2. The Kier molecular flexibility index (Phi) is 7.15. The molecule has 0 aromatic carbocycles. The molecule has 0 bridgehead atoms. The number of rotatable bonds is 8. The van der Waals surface area contributed by atoms with Gasteiger partial charge in [-0.05, 0) is 0 Å². The topological polar surface area (TPSA) is 93.1 Å². The maximum Gasteiger partial charge on any atom is 0.332 e. The lowest BCUT2D eigenvalue weighted by Crippen LogP contribution is -2.14. The fraction of sp³-hybridized carbons (Fsp3) is 0.600. The molecule has 0 aliphatic carbocycles. The summed E-state index contributed by atoms with van der Waals surface area (Å²) in [6.07, 6.45) is 0.133. The average Bonchev–Trinajstić information content (AvgIpc) is 2.21. The van der Waals surface area contributed by atoms with Gasteiger partial charge in [-0.1, -0.05) is 0 Å². The van der Waals surface area contributed by atoms with Crippen LogP contribution in [0, 0.1) is 0 Å². The highest BCUT2D eigenvalue weighted by Gasteiger charge is 2.19. The zero-order valence-electron chi connectivity index (χ0n) is 9.36. The molecule has 0 aromatic heterocycles. The second-order valence-electron chi connectivity index (χ2n) is 3.05. The summed E-state index contributed by atoms with van der Waals surface area (Å²) in [7, 11) is 2.85. The van der Waals surface area contributed by atoms with E-state index in [0.29, 0.717) is 0 Å². The fourth-order valence-electron chi connectivity index (χ4n) is 1.18. The van der Waals surface area contributed by atoms with Crippen LogP contribution in [0.2, 0.25) is 0 Å². The van der Waals surface area contributed by atoms with Crippen LogP contribution < -0.4 is 0 Å². The smallest absolute Gasteiger partial charge is 0.332 e. The molecule has 0 rings (SSSR count). The van der Waals surface area contributed by atoms with Gasteiger partial charge in [-0.3, -0.25) is 0 Å². The number of methoxy groups -OCH3 is 2. The van der Waals surface area contributed by atoms with Crippen molar-refractivity contribution in [3.63, 3.8) is 0 Å². The molecule has 0 atom stereocenters. The molecule has 0 amide bonds. The number of hydrogen-bond donors (Lipinski definition) is 2. The Morgan fingerprint density at radius 3 is 1.38 bits per heavy atom. The van der Waals surface area contributed by atoms with Crippen molar-refractivity contribution in [1.29, 1.82) is 0 Å². The molecule has 0 aliphatic heterocycles. The van der Waals surface area contributed by atoms with Gasteiger partial charge in [0.15, 0.2) is 0 Å². The number of carboxylic acid groups (broad SMARTS) is 2. The van der Waals surface area contributed by atoms with E-state index in [9.17, 15) is 9.59 Å². The van der Waals surface area contributed by atoms with Gasteiger partial charge in [-0.25, -0.2) is 9.59 Å². The van der Waals surface area contributed by atoms with Crippen LogP contribution in [0.15, 0.2) is 11.1 Å². The summed E-state index contributed by atoms with van der Waals surface area (Å²) in [5.74, 6) is -2.46. The normalized spacial score (nSPS) is 12.1. The van der Waals surface area contributed by atoms with E-state index in [1.807, 2.05) is 0 Å². The molecule has 0 spiro atoms. The van der Waals surface area contributed by atoms with Crippen LogP contribution >= 0.6 is 0 Å². The van der Waals surface area contributed by atoms with Crippen molar-refractivity contribution in [3.8, 4) is 0 Å². The van der Waals surface area contributed by atoms with Crippen molar-refractivity contribution in [2.24, 2.45) is 0 Å². The molecule has 0 fully saturated rings. The number of ether oxygens (including phenoxy) is 2. The third-order valence-electron chi connectivity index (χ3n) is 1.99. The first-order valence-electron chi connectivity index (χ1n) is 4.71. The van der Waals surface area contributed by atoms with Gasteiger partial charge in [-0.2, -0.15) is 0 Å². The first kappa shape index (κ1) is 14.6. The summed E-state index contributed by atoms with van der Waals surface area (Å²) < 4.78 is 9.47. The van der Waals surface area contributed by atoms with Gasteiger partial charge in [0, 0.05) is 38.2 Å². The molecular formula is C10H16O6. The average molecular weight is 232 g/mol. The zero-order valence-corrected chi connectivity index (χ0v) is 9.36. The minimum Gasteiger partial charge on any atom is -0.478 e. The van der Waals surface area contributed by atoms with Gasteiger partial charge in [-0.15, -0.1) is 0 Å². The fourth-order valence-corrected chi connectivity index (χ4v) is 1.18. The van der Waals surface area contributed by atoms with Crippen molar-refractivity contribution >= 4 is 11.9 Å². The van der Waals surface area contributed by atoms with Crippen LogP contribution in [-0.4, -0.2) is 49.6 Å². The van der Waals surface area contributed by atoms with E-state index < -0.39 is 11.9 Å². The third kappa shape index (κ3) is 4.90. The second-order valence-corrected chi connectivity index (χ2v) is 3.05. The van der Waals surface area contributed by atoms with Crippen molar-refractivity contribution in [3.05, 3.63) is 11.1 Å². The van der Waals surface area contributed by atoms with Gasteiger partial charge in [0.2, 0.25) is 0 Å². The van der Waals surface area contributed by atoms with Crippen molar-refractivity contribution in [2.45, 2.75) is 12.8 Å². The third-order valence-corrected chi connectivity index (χ3v) is 1.99. The molecule has 0 radical (unpaired) electrons. The summed E-state index contributed by atoms with van der Waals surface area (Å²) >= 11 is 0. The summed E-state index contributed by atoms with van der Waals surface area (Å²) in [4.78, 5) is 21.8. The Labute approximate surface area is 93.5 Å². The Morgan fingerprint density at radius 2 is 1.19 bits per heavy atom. The summed E-state index contributed by atoms with van der Waals surface area (Å²) in [6, 6.07) is 0. The first-order chi connectivity index (χ1) is 7.54. The van der Waals surface area contributed by atoms with Gasteiger partial charge in [0.05, 0.1) is 13.2 Å². The van der Waals surface area contributed by atoms with Crippen molar-refractivity contribution < 1.29 is 29.3 Å². The highest BCUT2D eigenvalue weighted by molar-refractivity contribution is 5.98. The largest absolute Gasteiger partial charge is 0.478 e. The Bertz CT molecular complexity index is 253. The number of hydrogen-bond acceptors (Lipinski definition) is 4. The van der Waals surface area contributed by atoms with Crippen LogP contribution in [0.5, 0.6) is 0 Å². The van der Waals surface area contributed by atoms with E-state index in [2.05, 4.69) is 0 Å². The van der Waals surface area contributed by atoms with E-state index in [-0.39, 0.29) is 37.2 Å². The number of carbonyl (C=O) groups is 2. The molecule has 0 aliphatic rings. The SMILES string of the molecule is COCC/C(C(=O)O)=C(/CCOC)C(=O)O. The van der Waals surface area contributed by atoms with Crippen LogP contribution in [-0.2, 0) is 19.1 Å². The molecule has 0 saturated carbocycles. The molecule has 6 heteroatoms. The van der Waals surface area contributed by atoms with Crippen molar-refractivity contribution in [1.82, 2.24) is 0 Å². The van der Waals surface area contributed by atoms with E-state index in [1.54, 1.807) is 0 Å². The Balaban J connectivity index is 4.94. The minimum atomic E-state index is -1.23. The molecule has 0 heterocycles. The molecule has 92 valence electrons. The van der Waals surface area contributed by atoms with Crippen LogP contribution in [0.1, 0.15) is 12.8 Å². The lowest BCUT2D eigenvalue weighted by atomic mass is 10.0. The molecule has 16 heavy (non-hydrogen) atoms. The summed E-state index contributed by atoms with van der Waals surface area (Å²) in [5, 5.41) is 17.8. The predicted octanol–water partition coefficient (Wildman–Crippen LogP) is 0.525. The summed E-state index contributed by atoms with van der Waals surface area (Å²) in [6.45, 7) is 0.344. The first-order valence-corrected chi connectivity index (χ1v) is 4.71. The van der Waals surface area contributed by atoms with E-state index in [1.165, 1.54) is 14.2 Å². The molecule has 0 aromatic rings. The molecule has 0 unspecified atom stereocenters. The van der Waals surface area contributed by atoms with Gasteiger partial charge in [0.25, 0.3) is 0 Å². The molecule has 0 saturated heterocycles.